The van der Waals surface area contributed by atoms with Crippen LogP contribution in [0.3, 0.4) is 0 Å². The molecule has 0 spiro atoms. The lowest BCUT2D eigenvalue weighted by Gasteiger charge is -2.32. The van der Waals surface area contributed by atoms with Crippen LogP contribution in [0, 0.1) is 5.92 Å². The summed E-state index contributed by atoms with van der Waals surface area (Å²) in [5.41, 5.74) is 0. The van der Waals surface area contributed by atoms with Crippen molar-refractivity contribution in [2.24, 2.45) is 5.92 Å². The van der Waals surface area contributed by atoms with Gasteiger partial charge < -0.3 is 10.2 Å². The van der Waals surface area contributed by atoms with Crippen LogP contribution in [0.5, 0.6) is 0 Å². The molecule has 1 saturated heterocycles. The number of carbonyl (C=O) groups excluding carboxylic acids is 1. The SMILES string of the molecule is O=C(NC1CCCC1)N1CCC2CCCCC21. The summed E-state index contributed by atoms with van der Waals surface area (Å²) in [6, 6.07) is 1.25. The Hall–Kier alpha value is -0.730. The number of hydrogen-bond donors (Lipinski definition) is 1. The first-order chi connectivity index (χ1) is 8.34. The van der Waals surface area contributed by atoms with Crippen LogP contribution < -0.4 is 5.32 Å². The zero-order valence-electron chi connectivity index (χ0n) is 10.7. The molecule has 2 aliphatic carbocycles. The summed E-state index contributed by atoms with van der Waals surface area (Å²) in [7, 11) is 0. The van der Waals surface area contributed by atoms with Crippen molar-refractivity contribution in [3.05, 3.63) is 0 Å². The zero-order valence-corrected chi connectivity index (χ0v) is 10.7. The van der Waals surface area contributed by atoms with Crippen molar-refractivity contribution in [2.45, 2.75) is 69.9 Å². The molecule has 0 aromatic rings. The van der Waals surface area contributed by atoms with E-state index in [1.165, 1.54) is 57.8 Å². The number of fused-ring (bicyclic) bond motifs is 1. The summed E-state index contributed by atoms with van der Waals surface area (Å²) < 4.78 is 0. The summed E-state index contributed by atoms with van der Waals surface area (Å²) in [6.07, 6.45) is 11.5. The molecule has 3 fully saturated rings. The highest BCUT2D eigenvalue weighted by molar-refractivity contribution is 5.75. The largest absolute Gasteiger partial charge is 0.335 e. The first kappa shape index (κ1) is 11.4. The summed E-state index contributed by atoms with van der Waals surface area (Å²) in [4.78, 5) is 14.4. The van der Waals surface area contributed by atoms with Crippen LogP contribution in [-0.4, -0.2) is 29.6 Å². The minimum absolute atomic E-state index is 0.228. The molecule has 3 rings (SSSR count). The van der Waals surface area contributed by atoms with Gasteiger partial charge in [-0.15, -0.1) is 0 Å². The summed E-state index contributed by atoms with van der Waals surface area (Å²) in [5, 5.41) is 3.24. The maximum absolute atomic E-state index is 12.3. The minimum Gasteiger partial charge on any atom is -0.335 e. The monoisotopic (exact) mass is 236 g/mol. The molecule has 0 aromatic heterocycles. The number of nitrogens with zero attached hydrogens (tertiary/aromatic N) is 1. The molecule has 3 heteroatoms. The number of urea groups is 1. The summed E-state index contributed by atoms with van der Waals surface area (Å²) in [5.74, 6) is 0.804. The van der Waals surface area contributed by atoms with E-state index in [9.17, 15) is 4.79 Å². The number of amides is 2. The maximum atomic E-state index is 12.3. The predicted molar refractivity (Wildman–Crippen MR) is 67.9 cm³/mol. The molecular formula is C14H24N2O. The predicted octanol–water partition coefficient (Wildman–Crippen LogP) is 2.90. The van der Waals surface area contributed by atoms with Crippen molar-refractivity contribution in [2.75, 3.05) is 6.54 Å². The smallest absolute Gasteiger partial charge is 0.317 e. The van der Waals surface area contributed by atoms with Gasteiger partial charge in [-0.1, -0.05) is 25.7 Å². The quantitative estimate of drug-likeness (QED) is 0.746. The van der Waals surface area contributed by atoms with Crippen LogP contribution in [0.4, 0.5) is 4.79 Å². The first-order valence-corrected chi connectivity index (χ1v) is 7.42. The molecule has 2 amide bonds. The van der Waals surface area contributed by atoms with Gasteiger partial charge in [0, 0.05) is 18.6 Å². The third kappa shape index (κ3) is 2.29. The lowest BCUT2D eigenvalue weighted by atomic mass is 9.85. The second-order valence-corrected chi connectivity index (χ2v) is 6.02. The highest BCUT2D eigenvalue weighted by Gasteiger charge is 2.38. The Morgan fingerprint density at radius 1 is 0.941 bits per heavy atom. The van der Waals surface area contributed by atoms with E-state index in [1.807, 2.05) is 0 Å². The van der Waals surface area contributed by atoms with Crippen LogP contribution in [0.1, 0.15) is 57.8 Å². The highest BCUT2D eigenvalue weighted by Crippen LogP contribution is 2.36. The van der Waals surface area contributed by atoms with Crippen molar-refractivity contribution in [1.82, 2.24) is 10.2 Å². The Balaban J connectivity index is 1.57. The standard InChI is InChI=1S/C14H24N2O/c17-14(15-12-6-2-3-7-12)16-10-9-11-5-1-4-8-13(11)16/h11-13H,1-10H2,(H,15,17). The Kier molecular flexibility index (Phi) is 3.26. The zero-order chi connectivity index (χ0) is 11.7. The topological polar surface area (TPSA) is 32.3 Å². The number of hydrogen-bond acceptors (Lipinski definition) is 1. The van der Waals surface area contributed by atoms with Crippen LogP contribution >= 0.6 is 0 Å². The third-order valence-corrected chi connectivity index (χ3v) is 4.95. The number of likely N-dealkylation sites (tertiary alicyclic amines) is 1. The lowest BCUT2D eigenvalue weighted by Crippen LogP contribution is -2.47. The molecule has 1 aliphatic heterocycles. The maximum Gasteiger partial charge on any atom is 0.317 e. The van der Waals surface area contributed by atoms with Gasteiger partial charge in [-0.3, -0.25) is 0 Å². The molecule has 2 atom stereocenters. The molecule has 96 valence electrons. The fraction of sp³-hybridized carbons (Fsp3) is 0.929. The first-order valence-electron chi connectivity index (χ1n) is 7.42. The van der Waals surface area contributed by atoms with E-state index in [4.69, 9.17) is 0 Å². The van der Waals surface area contributed by atoms with E-state index in [1.54, 1.807) is 0 Å². The van der Waals surface area contributed by atoms with Gasteiger partial charge in [0.25, 0.3) is 0 Å². The molecule has 0 bridgehead atoms. The van der Waals surface area contributed by atoms with Gasteiger partial charge in [-0.05, 0) is 38.0 Å². The number of nitrogens with one attached hydrogen (secondary N) is 1. The Bertz CT molecular complexity index is 286. The Morgan fingerprint density at radius 3 is 2.47 bits per heavy atom. The molecule has 17 heavy (non-hydrogen) atoms. The molecule has 3 aliphatic rings. The number of rotatable bonds is 1. The molecule has 2 unspecified atom stereocenters. The van der Waals surface area contributed by atoms with E-state index in [-0.39, 0.29) is 6.03 Å². The van der Waals surface area contributed by atoms with E-state index in [0.29, 0.717) is 12.1 Å². The Labute approximate surface area is 104 Å². The molecule has 2 saturated carbocycles. The van der Waals surface area contributed by atoms with Gasteiger partial charge in [0.15, 0.2) is 0 Å². The lowest BCUT2D eigenvalue weighted by molar-refractivity contribution is 0.166. The van der Waals surface area contributed by atoms with Gasteiger partial charge in [-0.2, -0.15) is 0 Å². The van der Waals surface area contributed by atoms with Crippen molar-refractivity contribution in [3.63, 3.8) is 0 Å². The molecule has 1 heterocycles. The van der Waals surface area contributed by atoms with Gasteiger partial charge in [0.2, 0.25) is 0 Å². The van der Waals surface area contributed by atoms with Crippen molar-refractivity contribution in [1.29, 1.82) is 0 Å². The highest BCUT2D eigenvalue weighted by atomic mass is 16.2. The molecule has 3 nitrogen and oxygen atoms in total. The van der Waals surface area contributed by atoms with E-state index in [2.05, 4.69) is 10.2 Å². The van der Waals surface area contributed by atoms with Crippen LogP contribution in [0.25, 0.3) is 0 Å². The van der Waals surface area contributed by atoms with Crippen LogP contribution in [-0.2, 0) is 0 Å². The molecular weight excluding hydrogens is 212 g/mol. The molecule has 0 radical (unpaired) electrons. The second-order valence-electron chi connectivity index (χ2n) is 6.02. The van der Waals surface area contributed by atoms with Gasteiger partial charge >= 0.3 is 6.03 Å². The fourth-order valence-corrected chi connectivity index (χ4v) is 3.99. The van der Waals surface area contributed by atoms with Gasteiger partial charge in [0.1, 0.15) is 0 Å². The molecule has 1 N–H and O–H groups in total. The van der Waals surface area contributed by atoms with E-state index >= 15 is 0 Å². The van der Waals surface area contributed by atoms with Crippen molar-refractivity contribution >= 4 is 6.03 Å². The fourth-order valence-electron chi connectivity index (χ4n) is 3.99. The van der Waals surface area contributed by atoms with Crippen LogP contribution in [0.15, 0.2) is 0 Å². The summed E-state index contributed by atoms with van der Waals surface area (Å²) >= 11 is 0. The Morgan fingerprint density at radius 2 is 1.65 bits per heavy atom. The average Bonchev–Trinajstić information content (AvgIpc) is 2.96. The van der Waals surface area contributed by atoms with Gasteiger partial charge in [0.05, 0.1) is 0 Å². The van der Waals surface area contributed by atoms with Gasteiger partial charge in [-0.25, -0.2) is 4.79 Å². The number of carbonyl (C=O) groups is 1. The van der Waals surface area contributed by atoms with Crippen LogP contribution in [0.2, 0.25) is 0 Å². The minimum atomic E-state index is 0.228. The van der Waals surface area contributed by atoms with E-state index in [0.717, 1.165) is 12.5 Å². The van der Waals surface area contributed by atoms with E-state index < -0.39 is 0 Å². The summed E-state index contributed by atoms with van der Waals surface area (Å²) in [6.45, 7) is 0.994. The average molecular weight is 236 g/mol. The normalized spacial score (nSPS) is 33.8. The molecule has 0 aromatic carbocycles. The van der Waals surface area contributed by atoms with Crippen molar-refractivity contribution in [3.8, 4) is 0 Å². The van der Waals surface area contributed by atoms with Crippen molar-refractivity contribution < 1.29 is 4.79 Å². The second kappa shape index (κ2) is 4.87. The third-order valence-electron chi connectivity index (χ3n) is 4.95.